The molecule has 8 atom stereocenters. The number of amides is 10. The number of nitrogens with zero attached hydrogens (tertiary/aromatic N) is 2. The van der Waals surface area contributed by atoms with E-state index in [1.165, 1.54) is 37.7 Å². The molecule has 26 heteroatoms. The molecule has 2 aromatic heterocycles. The number of primary amides is 1. The average molecular weight is 1110 g/mol. The Morgan fingerprint density at radius 3 is 2.08 bits per heavy atom. The van der Waals surface area contributed by atoms with Gasteiger partial charge in [0.05, 0.1) is 12.7 Å². The number of nitrogens with two attached hydrogens (primary N) is 3. The largest absolute Gasteiger partial charge is 0.370 e. The highest BCUT2D eigenvalue weighted by atomic mass is 32.1. The number of hydrogen-bond donors (Lipinski definition) is 13. The first-order valence-electron chi connectivity index (χ1n) is 26.3. The molecule has 4 aromatic rings. The fraction of sp³-hybridized carbons (Fsp3) is 0.472. The van der Waals surface area contributed by atoms with E-state index in [4.69, 9.17) is 17.2 Å². The maximum Gasteiger partial charge on any atom is 0.243 e. The summed E-state index contributed by atoms with van der Waals surface area (Å²) < 4.78 is 0.918. The van der Waals surface area contributed by atoms with Crippen LogP contribution in [0.4, 0.5) is 0 Å². The molecule has 0 aliphatic carbocycles. The van der Waals surface area contributed by atoms with Gasteiger partial charge in [-0.1, -0.05) is 68.3 Å². The lowest BCUT2D eigenvalue weighted by Gasteiger charge is -2.28. The number of aromatic amines is 1. The third-order valence-electron chi connectivity index (χ3n) is 12.9. The van der Waals surface area contributed by atoms with Gasteiger partial charge in [-0.15, -0.1) is 11.3 Å². The SMILES string of the molecule is CCCC[C@H](NC(C)=O)C(=O)N[C@H]1CC(=O)NCCCC[C@@H](C(N)=O)NC(=O)[C@H](Cc2csc3ccccc23)NC(=O)[C@H](CCCN=C(N)N)NC(=O)[C@@H](Cc2ccccc2)NC(=O)[C@H](Cc2cnc[nH]2)NC(=O)[C@@H](C)NC1=O. The zero-order valence-corrected chi connectivity index (χ0v) is 45.4. The van der Waals surface area contributed by atoms with Crippen molar-refractivity contribution in [3.8, 4) is 0 Å². The van der Waals surface area contributed by atoms with Crippen LogP contribution < -0.4 is 65.1 Å². The number of carbonyl (C=O) groups excluding carboxylic acids is 10. The molecule has 79 heavy (non-hydrogen) atoms. The minimum Gasteiger partial charge on any atom is -0.370 e. The first-order valence-corrected chi connectivity index (χ1v) is 27.2. The predicted octanol–water partition coefficient (Wildman–Crippen LogP) is -1.01. The van der Waals surface area contributed by atoms with Crippen LogP contribution >= 0.6 is 11.3 Å². The Labute approximate surface area is 461 Å². The summed E-state index contributed by atoms with van der Waals surface area (Å²) in [5.74, 6) is -8.04. The fourth-order valence-corrected chi connectivity index (χ4v) is 9.67. The van der Waals surface area contributed by atoms with E-state index < -0.39 is 114 Å². The van der Waals surface area contributed by atoms with Crippen LogP contribution in [0.25, 0.3) is 10.1 Å². The number of H-pyrrole nitrogens is 1. The van der Waals surface area contributed by atoms with Crippen LogP contribution in [0, 0.1) is 0 Å². The van der Waals surface area contributed by atoms with E-state index in [0.29, 0.717) is 29.7 Å². The number of guanidine groups is 1. The molecule has 1 saturated heterocycles. The molecule has 16 N–H and O–H groups in total. The van der Waals surface area contributed by atoms with Gasteiger partial charge in [0, 0.05) is 55.9 Å². The highest BCUT2D eigenvalue weighted by molar-refractivity contribution is 7.17. The lowest BCUT2D eigenvalue weighted by atomic mass is 10.0. The molecular weight excluding hydrogens is 1040 g/mol. The number of carbonyl (C=O) groups is 10. The number of unbranched alkanes of at least 4 members (excludes halogenated alkanes) is 1. The fourth-order valence-electron chi connectivity index (χ4n) is 8.69. The van der Waals surface area contributed by atoms with E-state index in [0.717, 1.165) is 10.1 Å². The van der Waals surface area contributed by atoms with Crippen LogP contribution in [0.1, 0.15) is 95.4 Å². The van der Waals surface area contributed by atoms with Gasteiger partial charge in [0.2, 0.25) is 59.1 Å². The number of aliphatic imine (C=N–C) groups is 1. The van der Waals surface area contributed by atoms with Crippen LogP contribution in [0.5, 0.6) is 0 Å². The van der Waals surface area contributed by atoms with E-state index in [2.05, 4.69) is 62.8 Å². The summed E-state index contributed by atoms with van der Waals surface area (Å²) in [5, 5.41) is 26.7. The average Bonchev–Trinajstić information content (AvgIpc) is 4.11. The third-order valence-corrected chi connectivity index (χ3v) is 14.0. The van der Waals surface area contributed by atoms with Crippen LogP contribution in [0.2, 0.25) is 0 Å². The Morgan fingerprint density at radius 2 is 1.41 bits per heavy atom. The zero-order valence-electron chi connectivity index (χ0n) is 44.6. The van der Waals surface area contributed by atoms with Crippen molar-refractivity contribution in [2.24, 2.45) is 22.2 Å². The molecule has 3 heterocycles. The Morgan fingerprint density at radius 1 is 0.759 bits per heavy atom. The third kappa shape index (κ3) is 20.2. The summed E-state index contributed by atoms with van der Waals surface area (Å²) in [5.41, 5.74) is 18.7. The second-order valence-corrected chi connectivity index (χ2v) is 20.2. The van der Waals surface area contributed by atoms with E-state index in [1.807, 2.05) is 36.6 Å². The van der Waals surface area contributed by atoms with Crippen molar-refractivity contribution < 1.29 is 47.9 Å². The lowest BCUT2D eigenvalue weighted by Crippen LogP contribution is -2.61. The van der Waals surface area contributed by atoms with E-state index in [-0.39, 0.29) is 76.8 Å². The first-order chi connectivity index (χ1) is 37.8. The first kappa shape index (κ1) is 61.4. The number of imidazole rings is 1. The van der Waals surface area contributed by atoms with Crippen LogP contribution in [0.3, 0.4) is 0 Å². The van der Waals surface area contributed by atoms with Gasteiger partial charge in [-0.2, -0.15) is 0 Å². The van der Waals surface area contributed by atoms with E-state index in [1.54, 1.807) is 30.3 Å². The normalized spacial score (nSPS) is 22.1. The molecule has 1 aliphatic heterocycles. The Balaban J connectivity index is 1.54. The summed E-state index contributed by atoms with van der Waals surface area (Å²) in [6.45, 7) is 4.54. The maximum atomic E-state index is 14.7. The maximum absolute atomic E-state index is 14.7. The predicted molar refractivity (Wildman–Crippen MR) is 295 cm³/mol. The van der Waals surface area contributed by atoms with Gasteiger partial charge >= 0.3 is 0 Å². The minimum atomic E-state index is -1.56. The molecule has 1 fully saturated rings. The van der Waals surface area contributed by atoms with Crippen molar-refractivity contribution in [1.82, 2.24) is 57.8 Å². The number of thiophene rings is 1. The highest BCUT2D eigenvalue weighted by Gasteiger charge is 2.35. The monoisotopic (exact) mass is 1110 g/mol. The van der Waals surface area contributed by atoms with Gasteiger partial charge < -0.3 is 70.0 Å². The van der Waals surface area contributed by atoms with Gasteiger partial charge in [-0.25, -0.2) is 4.98 Å². The van der Waals surface area contributed by atoms with Crippen LogP contribution in [0.15, 0.2) is 77.5 Å². The molecule has 0 radical (unpaired) electrons. The molecule has 0 unspecified atom stereocenters. The standard InChI is InChI=1S/C53H73N15O10S/c1-4-5-17-37(62-31(3)69)47(73)68-42-26-44(70)58-21-12-11-18-36(45(54)71)63-51(77)40(24-33-28-79-43-20-10-9-16-35(33)43)67-48(74)38(19-13-22-59-53(55)56)64-50(76)39(23-32-14-7-6-8-15-32)66-52(78)41(25-34-27-57-29-60-34)65-46(72)30(2)61-49(42)75/h6-10,14-16,20,27-30,36-42H,4-5,11-13,17-19,21-26H2,1-3H3,(H2,54,71)(H,57,60)(H,58,70)(H,61,75)(H,62,69)(H,63,77)(H,64,76)(H,65,72)(H,66,78)(H,67,74)(H,68,73)(H4,55,56,59)/t30-,36+,37+,38+,39-,40+,41+,42+/m1/s1. The summed E-state index contributed by atoms with van der Waals surface area (Å²) in [6, 6.07) is 5.40. The van der Waals surface area contributed by atoms with Gasteiger partial charge in [-0.05, 0) is 73.4 Å². The molecule has 10 amide bonds. The molecule has 0 saturated carbocycles. The summed E-state index contributed by atoms with van der Waals surface area (Å²) in [4.78, 5) is 150. The summed E-state index contributed by atoms with van der Waals surface area (Å²) in [6.07, 6.45) is 3.93. The smallest absolute Gasteiger partial charge is 0.243 e. The number of aromatic nitrogens is 2. The van der Waals surface area contributed by atoms with E-state index >= 15 is 0 Å². The van der Waals surface area contributed by atoms with Crippen LogP contribution in [-0.4, -0.2) is 136 Å². The van der Waals surface area contributed by atoms with Crippen molar-refractivity contribution >= 4 is 86.5 Å². The van der Waals surface area contributed by atoms with Gasteiger partial charge in [0.25, 0.3) is 0 Å². The quantitative estimate of drug-likeness (QED) is 0.0343. The van der Waals surface area contributed by atoms with Gasteiger partial charge in [0.1, 0.15) is 48.3 Å². The minimum absolute atomic E-state index is 0.0169. The number of rotatable bonds is 17. The van der Waals surface area contributed by atoms with Crippen molar-refractivity contribution in [2.45, 2.75) is 146 Å². The Bertz CT molecular complexity index is 2770. The van der Waals surface area contributed by atoms with Crippen molar-refractivity contribution in [1.29, 1.82) is 0 Å². The molecule has 0 spiro atoms. The van der Waals surface area contributed by atoms with Crippen LogP contribution in [-0.2, 0) is 67.2 Å². The summed E-state index contributed by atoms with van der Waals surface area (Å²) in [7, 11) is 0. The molecule has 0 bridgehead atoms. The zero-order chi connectivity index (χ0) is 57.4. The van der Waals surface area contributed by atoms with E-state index in [9.17, 15) is 47.9 Å². The molecule has 2 aromatic carbocycles. The molecule has 25 nitrogen and oxygen atoms in total. The number of fused-ring (bicyclic) bond motifs is 1. The second kappa shape index (κ2) is 31.1. The second-order valence-electron chi connectivity index (χ2n) is 19.3. The highest BCUT2D eigenvalue weighted by Crippen LogP contribution is 2.27. The van der Waals surface area contributed by atoms with Crippen molar-refractivity contribution in [3.63, 3.8) is 0 Å². The summed E-state index contributed by atoms with van der Waals surface area (Å²) >= 11 is 1.43. The van der Waals surface area contributed by atoms with Crippen molar-refractivity contribution in [3.05, 3.63) is 89.3 Å². The molecule has 1 aliphatic rings. The van der Waals surface area contributed by atoms with Crippen molar-refractivity contribution in [2.75, 3.05) is 13.1 Å². The molecular formula is C53H73N15O10S. The lowest BCUT2D eigenvalue weighted by molar-refractivity contribution is -0.136. The topological polar surface area (TPSA) is 398 Å². The number of hydrogen-bond acceptors (Lipinski definition) is 13. The molecule has 5 rings (SSSR count). The number of benzene rings is 2. The number of nitrogens with one attached hydrogen (secondary N) is 10. The van der Waals surface area contributed by atoms with Gasteiger partial charge in [0.15, 0.2) is 5.96 Å². The molecule has 426 valence electrons. The Kier molecular flexibility index (Phi) is 24.2. The Hall–Kier alpha value is -8.42. The van der Waals surface area contributed by atoms with Gasteiger partial charge in [-0.3, -0.25) is 52.9 Å².